The SMILES string of the molecule is COc1cccc(-c2c(N)c(=O)n(C(C)C)c3ncccc23)c1. The molecule has 3 rings (SSSR count). The van der Waals surface area contributed by atoms with Crippen LogP contribution in [0.25, 0.3) is 22.2 Å². The van der Waals surface area contributed by atoms with Crippen LogP contribution in [0, 0.1) is 0 Å². The molecule has 2 heterocycles. The number of rotatable bonds is 3. The minimum absolute atomic E-state index is 0.0263. The lowest BCUT2D eigenvalue weighted by molar-refractivity contribution is 0.415. The third kappa shape index (κ3) is 2.44. The van der Waals surface area contributed by atoms with E-state index in [1.54, 1.807) is 17.9 Å². The number of nitrogens with two attached hydrogens (primary N) is 1. The Morgan fingerprint density at radius 3 is 2.70 bits per heavy atom. The molecule has 0 saturated carbocycles. The predicted molar refractivity (Wildman–Crippen MR) is 92.8 cm³/mol. The van der Waals surface area contributed by atoms with Gasteiger partial charge in [-0.05, 0) is 43.7 Å². The third-order valence-corrected chi connectivity index (χ3v) is 3.88. The molecule has 23 heavy (non-hydrogen) atoms. The Bertz CT molecular complexity index is 929. The Morgan fingerprint density at radius 1 is 1.22 bits per heavy atom. The fourth-order valence-corrected chi connectivity index (χ4v) is 2.83. The molecule has 5 nitrogen and oxygen atoms in total. The maximum Gasteiger partial charge on any atom is 0.276 e. The van der Waals surface area contributed by atoms with Gasteiger partial charge in [0.2, 0.25) is 0 Å². The number of fused-ring (bicyclic) bond motifs is 1. The summed E-state index contributed by atoms with van der Waals surface area (Å²) in [5.41, 5.74) is 8.40. The second kappa shape index (κ2) is 5.76. The first-order chi connectivity index (χ1) is 11.0. The van der Waals surface area contributed by atoms with Crippen molar-refractivity contribution in [3.8, 4) is 16.9 Å². The molecule has 0 atom stereocenters. The zero-order valence-corrected chi connectivity index (χ0v) is 13.4. The normalized spacial score (nSPS) is 11.1. The van der Waals surface area contributed by atoms with Gasteiger partial charge in [0.25, 0.3) is 5.56 Å². The van der Waals surface area contributed by atoms with Gasteiger partial charge in [0.15, 0.2) is 0 Å². The Balaban J connectivity index is 2.44. The van der Waals surface area contributed by atoms with E-state index in [2.05, 4.69) is 4.98 Å². The number of nitrogens with zero attached hydrogens (tertiary/aromatic N) is 2. The van der Waals surface area contributed by atoms with Crippen LogP contribution in [0.5, 0.6) is 5.75 Å². The summed E-state index contributed by atoms with van der Waals surface area (Å²) in [5, 5.41) is 0.853. The number of anilines is 1. The van der Waals surface area contributed by atoms with Crippen molar-refractivity contribution in [2.24, 2.45) is 0 Å². The molecular formula is C18H19N3O2. The molecule has 0 amide bonds. The van der Waals surface area contributed by atoms with Crippen LogP contribution in [0.4, 0.5) is 5.69 Å². The summed E-state index contributed by atoms with van der Waals surface area (Å²) in [6, 6.07) is 11.3. The summed E-state index contributed by atoms with van der Waals surface area (Å²) in [6.07, 6.45) is 1.69. The Morgan fingerprint density at radius 2 is 2.00 bits per heavy atom. The van der Waals surface area contributed by atoms with Crippen molar-refractivity contribution < 1.29 is 4.74 Å². The van der Waals surface area contributed by atoms with Crippen LogP contribution in [0.1, 0.15) is 19.9 Å². The number of aromatic nitrogens is 2. The van der Waals surface area contributed by atoms with Crippen LogP contribution in [0.3, 0.4) is 0 Å². The van der Waals surface area contributed by atoms with Crippen molar-refractivity contribution in [3.05, 3.63) is 52.9 Å². The van der Waals surface area contributed by atoms with Gasteiger partial charge in [0, 0.05) is 23.2 Å². The number of methoxy groups -OCH3 is 1. The average molecular weight is 309 g/mol. The molecule has 0 aliphatic heterocycles. The van der Waals surface area contributed by atoms with Crippen molar-refractivity contribution in [2.45, 2.75) is 19.9 Å². The van der Waals surface area contributed by atoms with E-state index in [1.165, 1.54) is 0 Å². The maximum atomic E-state index is 12.7. The molecule has 1 aromatic carbocycles. The Hall–Kier alpha value is -2.82. The van der Waals surface area contributed by atoms with Gasteiger partial charge < -0.3 is 10.5 Å². The molecule has 0 spiro atoms. The molecule has 2 aromatic heterocycles. The number of nitrogen functional groups attached to an aromatic ring is 1. The van der Waals surface area contributed by atoms with Gasteiger partial charge in [-0.3, -0.25) is 9.36 Å². The maximum absolute atomic E-state index is 12.7. The molecule has 118 valence electrons. The number of hydrogen-bond donors (Lipinski definition) is 1. The van der Waals surface area contributed by atoms with E-state index in [9.17, 15) is 4.79 Å². The van der Waals surface area contributed by atoms with Crippen molar-refractivity contribution in [1.29, 1.82) is 0 Å². The molecule has 0 unspecified atom stereocenters. The molecule has 2 N–H and O–H groups in total. The number of benzene rings is 1. The van der Waals surface area contributed by atoms with Crippen molar-refractivity contribution in [2.75, 3.05) is 12.8 Å². The van der Waals surface area contributed by atoms with Crippen LogP contribution in [-0.4, -0.2) is 16.7 Å². The van der Waals surface area contributed by atoms with E-state index in [4.69, 9.17) is 10.5 Å². The fraction of sp³-hybridized carbons (Fsp3) is 0.222. The van der Waals surface area contributed by atoms with E-state index >= 15 is 0 Å². The van der Waals surface area contributed by atoms with Crippen LogP contribution in [0.2, 0.25) is 0 Å². The van der Waals surface area contributed by atoms with Gasteiger partial charge in [-0.2, -0.15) is 0 Å². The highest BCUT2D eigenvalue weighted by molar-refractivity contribution is 5.99. The van der Waals surface area contributed by atoms with Gasteiger partial charge in [0.05, 0.1) is 7.11 Å². The largest absolute Gasteiger partial charge is 0.497 e. The summed E-state index contributed by atoms with van der Waals surface area (Å²) >= 11 is 0. The lowest BCUT2D eigenvalue weighted by Crippen LogP contribution is -2.26. The highest BCUT2D eigenvalue weighted by Gasteiger charge is 2.18. The van der Waals surface area contributed by atoms with E-state index in [-0.39, 0.29) is 17.3 Å². The zero-order chi connectivity index (χ0) is 16.6. The van der Waals surface area contributed by atoms with Crippen LogP contribution >= 0.6 is 0 Å². The smallest absolute Gasteiger partial charge is 0.276 e. The molecule has 0 fully saturated rings. The van der Waals surface area contributed by atoms with Gasteiger partial charge in [-0.15, -0.1) is 0 Å². The molecule has 0 radical (unpaired) electrons. The van der Waals surface area contributed by atoms with E-state index in [0.29, 0.717) is 17.0 Å². The molecule has 0 bridgehead atoms. The van der Waals surface area contributed by atoms with Crippen molar-refractivity contribution in [3.63, 3.8) is 0 Å². The summed E-state index contributed by atoms with van der Waals surface area (Å²) in [5.74, 6) is 0.715. The fourth-order valence-electron chi connectivity index (χ4n) is 2.83. The molecule has 0 aliphatic carbocycles. The van der Waals surface area contributed by atoms with Crippen LogP contribution in [-0.2, 0) is 0 Å². The number of hydrogen-bond acceptors (Lipinski definition) is 4. The minimum atomic E-state index is -0.219. The van der Waals surface area contributed by atoms with E-state index in [0.717, 1.165) is 10.9 Å². The second-order valence-electron chi connectivity index (χ2n) is 5.66. The molecule has 3 aromatic rings. The highest BCUT2D eigenvalue weighted by atomic mass is 16.5. The Kier molecular flexibility index (Phi) is 3.78. The third-order valence-electron chi connectivity index (χ3n) is 3.88. The summed E-state index contributed by atoms with van der Waals surface area (Å²) < 4.78 is 6.91. The van der Waals surface area contributed by atoms with Crippen LogP contribution < -0.4 is 16.0 Å². The number of pyridine rings is 2. The van der Waals surface area contributed by atoms with Gasteiger partial charge in [-0.1, -0.05) is 12.1 Å². The first-order valence-electron chi connectivity index (χ1n) is 7.47. The molecule has 0 saturated heterocycles. The highest BCUT2D eigenvalue weighted by Crippen LogP contribution is 2.33. The van der Waals surface area contributed by atoms with E-state index < -0.39 is 0 Å². The quantitative estimate of drug-likeness (QED) is 0.806. The summed E-state index contributed by atoms with van der Waals surface area (Å²) in [7, 11) is 1.61. The molecule has 5 heteroatoms. The second-order valence-corrected chi connectivity index (χ2v) is 5.66. The average Bonchev–Trinajstić information content (AvgIpc) is 2.55. The first kappa shape index (κ1) is 15.1. The number of ether oxygens (including phenoxy) is 1. The lowest BCUT2D eigenvalue weighted by atomic mass is 10.00. The van der Waals surface area contributed by atoms with E-state index in [1.807, 2.05) is 50.2 Å². The predicted octanol–water partition coefficient (Wildman–Crippen LogP) is 3.24. The monoisotopic (exact) mass is 309 g/mol. The van der Waals surface area contributed by atoms with Gasteiger partial charge in [-0.25, -0.2) is 4.98 Å². The summed E-state index contributed by atoms with van der Waals surface area (Å²) in [6.45, 7) is 3.89. The standard InChI is InChI=1S/C18H19N3O2/c1-11(2)21-17-14(8-5-9-20-17)15(16(19)18(21)22)12-6-4-7-13(10-12)23-3/h4-11H,19H2,1-3H3. The van der Waals surface area contributed by atoms with Crippen molar-refractivity contribution in [1.82, 2.24) is 9.55 Å². The minimum Gasteiger partial charge on any atom is -0.497 e. The van der Waals surface area contributed by atoms with Gasteiger partial charge in [0.1, 0.15) is 17.1 Å². The van der Waals surface area contributed by atoms with Gasteiger partial charge >= 0.3 is 0 Å². The molecular weight excluding hydrogens is 290 g/mol. The zero-order valence-electron chi connectivity index (χ0n) is 13.4. The lowest BCUT2D eigenvalue weighted by Gasteiger charge is -2.18. The first-order valence-corrected chi connectivity index (χ1v) is 7.47. The summed E-state index contributed by atoms with van der Waals surface area (Å²) in [4.78, 5) is 17.1. The topological polar surface area (TPSA) is 70.1 Å². The molecule has 0 aliphatic rings. The van der Waals surface area contributed by atoms with Crippen molar-refractivity contribution >= 4 is 16.7 Å². The Labute approximate surface area is 134 Å². The van der Waals surface area contributed by atoms with Crippen LogP contribution in [0.15, 0.2) is 47.4 Å².